The molecule has 186 valence electrons. The molecule has 2 heterocycles. The quantitative estimate of drug-likeness (QED) is 0.275. The summed E-state index contributed by atoms with van der Waals surface area (Å²) < 4.78 is 5.82. The number of hydrogen-bond acceptors (Lipinski definition) is 5. The van der Waals surface area contributed by atoms with E-state index in [1.165, 1.54) is 4.90 Å². The summed E-state index contributed by atoms with van der Waals surface area (Å²) in [4.78, 5) is 32.3. The number of likely N-dealkylation sites (tertiary alicyclic amines) is 1. The summed E-state index contributed by atoms with van der Waals surface area (Å²) in [5, 5.41) is 11.5. The number of amides is 1. The van der Waals surface area contributed by atoms with Crippen LogP contribution in [-0.2, 0) is 21.5 Å². The van der Waals surface area contributed by atoms with Gasteiger partial charge in [-0.2, -0.15) is 0 Å². The summed E-state index contributed by atoms with van der Waals surface area (Å²) in [5.41, 5.74) is 3.76. The summed E-state index contributed by atoms with van der Waals surface area (Å²) in [6.45, 7) is 10.8. The molecule has 2 aromatic carbocycles. The molecule has 36 heavy (non-hydrogen) atoms. The predicted octanol–water partition coefficient (Wildman–Crippen LogP) is 5.71. The maximum absolute atomic E-state index is 13.4. The van der Waals surface area contributed by atoms with Gasteiger partial charge in [0.2, 0.25) is 0 Å². The second-order valence-electron chi connectivity index (χ2n) is 10.1. The number of carbonyl (C=O) groups is 2. The Bertz CT molecular complexity index is 1320. The molecule has 0 spiro atoms. The van der Waals surface area contributed by atoms with Gasteiger partial charge in [0.25, 0.3) is 11.7 Å². The molecule has 1 N–H and O–H groups in total. The van der Waals surface area contributed by atoms with Crippen LogP contribution in [0.4, 0.5) is 0 Å². The molecule has 1 atom stereocenters. The van der Waals surface area contributed by atoms with Gasteiger partial charge in [-0.1, -0.05) is 56.7 Å². The van der Waals surface area contributed by atoms with Gasteiger partial charge >= 0.3 is 0 Å². The van der Waals surface area contributed by atoms with Crippen molar-refractivity contribution in [1.29, 1.82) is 0 Å². The van der Waals surface area contributed by atoms with Crippen molar-refractivity contribution in [3.8, 4) is 5.75 Å². The molecule has 0 aliphatic carbocycles. The SMILES string of the molecule is CCOc1ccc(/C(O)=C2/C(=O)C(=O)N(Cc3cccnc3)C2c2cccc(C)c2)cc1C(C)(C)C. The third kappa shape index (κ3) is 4.89. The Kier molecular flexibility index (Phi) is 6.97. The number of hydrogen-bond donors (Lipinski definition) is 1. The number of nitrogens with zero attached hydrogens (tertiary/aromatic N) is 2. The van der Waals surface area contributed by atoms with Crippen molar-refractivity contribution < 1.29 is 19.4 Å². The molecular formula is C30H32N2O4. The number of rotatable bonds is 6. The van der Waals surface area contributed by atoms with Crippen molar-refractivity contribution in [1.82, 2.24) is 9.88 Å². The third-order valence-electron chi connectivity index (χ3n) is 6.33. The zero-order valence-electron chi connectivity index (χ0n) is 21.4. The van der Waals surface area contributed by atoms with Gasteiger partial charge in [-0.3, -0.25) is 14.6 Å². The van der Waals surface area contributed by atoms with Crippen LogP contribution in [0.2, 0.25) is 0 Å². The molecule has 1 saturated heterocycles. The van der Waals surface area contributed by atoms with E-state index in [1.807, 2.05) is 56.3 Å². The highest BCUT2D eigenvalue weighted by Gasteiger charge is 2.46. The molecule has 1 fully saturated rings. The van der Waals surface area contributed by atoms with Crippen molar-refractivity contribution in [2.75, 3.05) is 6.61 Å². The van der Waals surface area contributed by atoms with Crippen LogP contribution in [0.15, 0.2) is 72.6 Å². The monoisotopic (exact) mass is 484 g/mol. The number of pyridine rings is 1. The number of carbonyl (C=O) groups excluding carboxylic acids is 2. The number of aryl methyl sites for hydroxylation is 1. The zero-order valence-corrected chi connectivity index (χ0v) is 21.4. The van der Waals surface area contributed by atoms with Crippen molar-refractivity contribution in [2.24, 2.45) is 0 Å². The van der Waals surface area contributed by atoms with Gasteiger partial charge in [0, 0.05) is 30.1 Å². The fourth-order valence-electron chi connectivity index (χ4n) is 4.62. The predicted molar refractivity (Wildman–Crippen MR) is 140 cm³/mol. The van der Waals surface area contributed by atoms with Gasteiger partial charge in [0.05, 0.1) is 18.2 Å². The van der Waals surface area contributed by atoms with Gasteiger partial charge in [0.15, 0.2) is 0 Å². The van der Waals surface area contributed by atoms with E-state index in [-0.39, 0.29) is 23.3 Å². The number of Topliss-reactive ketones (excluding diaryl/α,β-unsaturated/α-hetero) is 1. The lowest BCUT2D eigenvalue weighted by molar-refractivity contribution is -0.140. The van der Waals surface area contributed by atoms with Gasteiger partial charge in [0.1, 0.15) is 11.5 Å². The minimum atomic E-state index is -0.727. The number of benzene rings is 2. The summed E-state index contributed by atoms with van der Waals surface area (Å²) in [5.74, 6) is -0.807. The first-order chi connectivity index (χ1) is 17.1. The minimum Gasteiger partial charge on any atom is -0.507 e. The Hall–Kier alpha value is -3.93. The van der Waals surface area contributed by atoms with Gasteiger partial charge in [-0.05, 0) is 54.7 Å². The van der Waals surface area contributed by atoms with Gasteiger partial charge in [-0.15, -0.1) is 0 Å². The summed E-state index contributed by atoms with van der Waals surface area (Å²) in [7, 11) is 0. The first-order valence-electron chi connectivity index (χ1n) is 12.1. The van der Waals surface area contributed by atoms with E-state index in [9.17, 15) is 14.7 Å². The fourth-order valence-corrected chi connectivity index (χ4v) is 4.62. The van der Waals surface area contributed by atoms with Crippen molar-refractivity contribution >= 4 is 17.4 Å². The molecule has 1 unspecified atom stereocenters. The molecule has 1 amide bonds. The van der Waals surface area contributed by atoms with E-state index in [4.69, 9.17) is 4.74 Å². The Morgan fingerprint density at radius 2 is 1.86 bits per heavy atom. The van der Waals surface area contributed by atoms with E-state index >= 15 is 0 Å². The highest BCUT2D eigenvalue weighted by atomic mass is 16.5. The molecule has 0 bridgehead atoms. The maximum Gasteiger partial charge on any atom is 0.295 e. The molecular weight excluding hydrogens is 452 g/mol. The van der Waals surface area contributed by atoms with E-state index in [1.54, 1.807) is 24.5 Å². The van der Waals surface area contributed by atoms with Crippen LogP contribution in [0.1, 0.15) is 61.6 Å². The Morgan fingerprint density at radius 1 is 1.08 bits per heavy atom. The molecule has 3 aromatic rings. The van der Waals surface area contributed by atoms with Gasteiger partial charge in [-0.25, -0.2) is 0 Å². The second-order valence-corrected chi connectivity index (χ2v) is 10.1. The van der Waals surface area contributed by atoms with Crippen LogP contribution in [0.5, 0.6) is 5.75 Å². The Morgan fingerprint density at radius 3 is 2.50 bits per heavy atom. The highest BCUT2D eigenvalue weighted by molar-refractivity contribution is 6.46. The van der Waals surface area contributed by atoms with Crippen LogP contribution >= 0.6 is 0 Å². The second kappa shape index (κ2) is 9.97. The van der Waals surface area contributed by atoms with E-state index in [0.717, 1.165) is 28.0 Å². The summed E-state index contributed by atoms with van der Waals surface area (Å²) in [6, 6.07) is 16.0. The fraction of sp³-hybridized carbons (Fsp3) is 0.300. The average molecular weight is 485 g/mol. The standard InChI is InChI=1S/C30H32N2O4/c1-6-36-24-13-12-22(16-23(24)30(3,4)5)27(33)25-26(21-11-7-9-19(2)15-21)32(29(35)28(25)34)18-20-10-8-14-31-17-20/h7-17,26,33H,6,18H2,1-5H3/b27-25-. The molecule has 0 radical (unpaired) electrons. The smallest absolute Gasteiger partial charge is 0.295 e. The normalized spacial score (nSPS) is 17.5. The lowest BCUT2D eigenvalue weighted by Gasteiger charge is -2.26. The van der Waals surface area contributed by atoms with Crippen LogP contribution in [0.3, 0.4) is 0 Å². The minimum absolute atomic E-state index is 0.0820. The van der Waals surface area contributed by atoms with E-state index < -0.39 is 17.7 Å². The largest absolute Gasteiger partial charge is 0.507 e. The number of aliphatic hydroxyl groups is 1. The van der Waals surface area contributed by atoms with Crippen LogP contribution in [-0.4, -0.2) is 33.3 Å². The average Bonchev–Trinajstić information content (AvgIpc) is 3.09. The van der Waals surface area contributed by atoms with Crippen LogP contribution < -0.4 is 4.74 Å². The number of aliphatic hydroxyl groups excluding tert-OH is 1. The van der Waals surface area contributed by atoms with E-state index in [2.05, 4.69) is 25.8 Å². The van der Waals surface area contributed by atoms with Crippen molar-refractivity contribution in [2.45, 2.75) is 52.6 Å². The lowest BCUT2D eigenvalue weighted by Crippen LogP contribution is -2.29. The zero-order chi connectivity index (χ0) is 26.0. The molecule has 6 heteroatoms. The molecule has 1 aliphatic rings. The number of aromatic nitrogens is 1. The van der Waals surface area contributed by atoms with Crippen molar-refractivity contribution in [3.05, 3.63) is 100 Å². The molecule has 4 rings (SSSR count). The first-order valence-corrected chi connectivity index (χ1v) is 12.1. The van der Waals surface area contributed by atoms with Gasteiger partial charge < -0.3 is 14.7 Å². The third-order valence-corrected chi connectivity index (χ3v) is 6.33. The number of ketones is 1. The van der Waals surface area contributed by atoms with Crippen molar-refractivity contribution in [3.63, 3.8) is 0 Å². The first kappa shape index (κ1) is 25.2. The number of ether oxygens (including phenoxy) is 1. The Balaban J connectivity index is 1.89. The molecule has 1 aliphatic heterocycles. The molecule has 0 saturated carbocycles. The maximum atomic E-state index is 13.4. The highest BCUT2D eigenvalue weighted by Crippen LogP contribution is 2.41. The lowest BCUT2D eigenvalue weighted by atomic mass is 9.84. The van der Waals surface area contributed by atoms with E-state index in [0.29, 0.717) is 12.2 Å². The van der Waals surface area contributed by atoms with Crippen LogP contribution in [0, 0.1) is 6.92 Å². The Labute approximate surface area is 212 Å². The van der Waals surface area contributed by atoms with Crippen LogP contribution in [0.25, 0.3) is 5.76 Å². The summed E-state index contributed by atoms with van der Waals surface area (Å²) in [6.07, 6.45) is 3.34. The molecule has 1 aromatic heterocycles. The summed E-state index contributed by atoms with van der Waals surface area (Å²) >= 11 is 0. The molecule has 6 nitrogen and oxygen atoms in total. The topological polar surface area (TPSA) is 79.7 Å².